The predicted molar refractivity (Wildman–Crippen MR) is 105 cm³/mol. The van der Waals surface area contributed by atoms with Gasteiger partial charge in [-0.15, -0.1) is 0 Å². The van der Waals surface area contributed by atoms with Crippen molar-refractivity contribution in [3.05, 3.63) is 29.8 Å². The van der Waals surface area contributed by atoms with E-state index in [1.54, 1.807) is 4.90 Å². The molecule has 0 spiro atoms. The Bertz CT molecular complexity index is 704. The van der Waals surface area contributed by atoms with Gasteiger partial charge in [0.05, 0.1) is 0 Å². The topological polar surface area (TPSA) is 87.2 Å². The van der Waals surface area contributed by atoms with E-state index >= 15 is 0 Å². The zero-order valence-electron chi connectivity index (χ0n) is 16.9. The van der Waals surface area contributed by atoms with Gasteiger partial charge in [-0.3, -0.25) is 14.4 Å². The van der Waals surface area contributed by atoms with Gasteiger partial charge in [-0.1, -0.05) is 26.0 Å². The Morgan fingerprint density at radius 2 is 2.00 bits per heavy atom. The van der Waals surface area contributed by atoms with Crippen molar-refractivity contribution in [2.24, 2.45) is 0 Å². The third kappa shape index (κ3) is 6.25. The highest BCUT2D eigenvalue weighted by Gasteiger charge is 2.27. The maximum absolute atomic E-state index is 12.6. The first-order chi connectivity index (χ1) is 13.3. The SMILES string of the molecule is CC(=O)N(CC(=O)O)C1CCCN(C(=O)COc2cccc(C(C)C)c2)CC1. The van der Waals surface area contributed by atoms with Crippen LogP contribution in [0.4, 0.5) is 0 Å². The molecule has 1 aromatic rings. The minimum atomic E-state index is -1.02. The summed E-state index contributed by atoms with van der Waals surface area (Å²) in [6, 6.07) is 7.59. The summed E-state index contributed by atoms with van der Waals surface area (Å²) in [6.07, 6.45) is 1.98. The van der Waals surface area contributed by atoms with E-state index in [0.29, 0.717) is 37.6 Å². The van der Waals surface area contributed by atoms with Crippen LogP contribution in [0.25, 0.3) is 0 Å². The number of benzene rings is 1. The highest BCUT2D eigenvalue weighted by atomic mass is 16.5. The molecule has 1 heterocycles. The summed E-state index contributed by atoms with van der Waals surface area (Å²) in [7, 11) is 0. The van der Waals surface area contributed by atoms with Crippen LogP contribution in [0, 0.1) is 0 Å². The van der Waals surface area contributed by atoms with Gasteiger partial charge in [0, 0.05) is 26.1 Å². The number of carboxylic acid groups (broad SMARTS) is 1. The standard InChI is InChI=1S/C21H30N2O5/c1-15(2)17-6-4-8-19(12-17)28-14-20(25)22-10-5-7-18(9-11-22)23(16(3)24)13-21(26)27/h4,6,8,12,15,18H,5,7,9-11,13-14H2,1-3H3,(H,26,27). The molecule has 1 unspecified atom stereocenters. The smallest absolute Gasteiger partial charge is 0.323 e. The Hall–Kier alpha value is -2.57. The molecule has 0 bridgehead atoms. The Morgan fingerprint density at radius 3 is 2.64 bits per heavy atom. The van der Waals surface area contributed by atoms with Gasteiger partial charge in [0.25, 0.3) is 5.91 Å². The van der Waals surface area contributed by atoms with Crippen molar-refractivity contribution in [2.45, 2.75) is 52.0 Å². The van der Waals surface area contributed by atoms with Crippen LogP contribution in [0.1, 0.15) is 51.5 Å². The first-order valence-electron chi connectivity index (χ1n) is 9.77. The summed E-state index contributed by atoms with van der Waals surface area (Å²) in [4.78, 5) is 38.5. The lowest BCUT2D eigenvalue weighted by Gasteiger charge is -2.28. The van der Waals surface area contributed by atoms with E-state index in [2.05, 4.69) is 13.8 Å². The molecule has 1 saturated heterocycles. The summed E-state index contributed by atoms with van der Waals surface area (Å²) in [5.74, 6) is -0.304. The van der Waals surface area contributed by atoms with Crippen molar-refractivity contribution >= 4 is 17.8 Å². The lowest BCUT2D eigenvalue weighted by molar-refractivity contribution is -0.145. The lowest BCUT2D eigenvalue weighted by atomic mass is 10.0. The highest BCUT2D eigenvalue weighted by Crippen LogP contribution is 2.21. The summed E-state index contributed by atoms with van der Waals surface area (Å²) in [5, 5.41) is 9.03. The van der Waals surface area contributed by atoms with E-state index in [9.17, 15) is 14.4 Å². The first-order valence-corrected chi connectivity index (χ1v) is 9.77. The number of amides is 2. The Labute approximate surface area is 166 Å². The zero-order chi connectivity index (χ0) is 20.7. The third-order valence-corrected chi connectivity index (χ3v) is 5.09. The summed E-state index contributed by atoms with van der Waals surface area (Å²) >= 11 is 0. The van der Waals surface area contributed by atoms with Gasteiger partial charge in [0.15, 0.2) is 6.61 Å². The maximum Gasteiger partial charge on any atom is 0.323 e. The van der Waals surface area contributed by atoms with Gasteiger partial charge in [0.2, 0.25) is 5.91 Å². The predicted octanol–water partition coefficient (Wildman–Crippen LogP) is 2.50. The number of ether oxygens (including phenoxy) is 1. The number of carbonyl (C=O) groups excluding carboxylic acids is 2. The van der Waals surface area contributed by atoms with E-state index in [0.717, 1.165) is 12.0 Å². The van der Waals surface area contributed by atoms with Crippen molar-refractivity contribution in [2.75, 3.05) is 26.2 Å². The van der Waals surface area contributed by atoms with Crippen LogP contribution in [0.2, 0.25) is 0 Å². The number of carboxylic acids is 1. The largest absolute Gasteiger partial charge is 0.484 e. The fraction of sp³-hybridized carbons (Fsp3) is 0.571. The number of nitrogens with zero attached hydrogens (tertiary/aromatic N) is 2. The van der Waals surface area contributed by atoms with Crippen LogP contribution in [0.15, 0.2) is 24.3 Å². The quantitative estimate of drug-likeness (QED) is 0.773. The molecule has 1 aromatic carbocycles. The number of rotatable bonds is 7. The van der Waals surface area contributed by atoms with Gasteiger partial charge < -0.3 is 19.6 Å². The average molecular weight is 390 g/mol. The Balaban J connectivity index is 1.90. The minimum Gasteiger partial charge on any atom is -0.484 e. The number of hydrogen-bond acceptors (Lipinski definition) is 4. The number of likely N-dealkylation sites (tertiary alicyclic amines) is 1. The Kier molecular flexibility index (Phi) is 7.84. The minimum absolute atomic E-state index is 0.0300. The molecule has 1 aliphatic rings. The molecule has 0 saturated carbocycles. The van der Waals surface area contributed by atoms with E-state index in [-0.39, 0.29) is 31.0 Å². The molecule has 7 heteroatoms. The van der Waals surface area contributed by atoms with Crippen LogP contribution in [-0.2, 0) is 14.4 Å². The molecule has 1 N–H and O–H groups in total. The normalized spacial score (nSPS) is 17.1. The van der Waals surface area contributed by atoms with Gasteiger partial charge in [-0.05, 0) is 42.9 Å². The van der Waals surface area contributed by atoms with Crippen LogP contribution >= 0.6 is 0 Å². The molecule has 2 amide bonds. The second-order valence-electron chi connectivity index (χ2n) is 7.52. The molecule has 28 heavy (non-hydrogen) atoms. The zero-order valence-corrected chi connectivity index (χ0v) is 16.9. The highest BCUT2D eigenvalue weighted by molar-refractivity contribution is 5.80. The molecule has 1 fully saturated rings. The molecule has 0 radical (unpaired) electrons. The van der Waals surface area contributed by atoms with Gasteiger partial charge >= 0.3 is 5.97 Å². The molecular formula is C21H30N2O5. The third-order valence-electron chi connectivity index (χ3n) is 5.09. The van der Waals surface area contributed by atoms with E-state index < -0.39 is 5.97 Å². The van der Waals surface area contributed by atoms with Gasteiger partial charge in [-0.25, -0.2) is 0 Å². The number of hydrogen-bond donors (Lipinski definition) is 1. The molecule has 1 atom stereocenters. The van der Waals surface area contributed by atoms with Crippen molar-refractivity contribution < 1.29 is 24.2 Å². The molecule has 7 nitrogen and oxygen atoms in total. The van der Waals surface area contributed by atoms with Gasteiger partial charge in [-0.2, -0.15) is 0 Å². The number of aliphatic carboxylic acids is 1. The summed E-state index contributed by atoms with van der Waals surface area (Å²) < 4.78 is 5.68. The fourth-order valence-electron chi connectivity index (χ4n) is 3.48. The molecule has 0 aromatic heterocycles. The average Bonchev–Trinajstić information content (AvgIpc) is 2.90. The second kappa shape index (κ2) is 10.1. The summed E-state index contributed by atoms with van der Waals surface area (Å²) in [5.41, 5.74) is 1.16. The van der Waals surface area contributed by atoms with Crippen LogP contribution in [0.3, 0.4) is 0 Å². The van der Waals surface area contributed by atoms with Crippen molar-refractivity contribution in [1.29, 1.82) is 0 Å². The van der Waals surface area contributed by atoms with Crippen molar-refractivity contribution in [3.8, 4) is 5.75 Å². The monoisotopic (exact) mass is 390 g/mol. The fourth-order valence-corrected chi connectivity index (χ4v) is 3.48. The Morgan fingerprint density at radius 1 is 1.25 bits per heavy atom. The molecule has 2 rings (SSSR count). The van der Waals surface area contributed by atoms with E-state index in [4.69, 9.17) is 9.84 Å². The molecule has 0 aliphatic carbocycles. The van der Waals surface area contributed by atoms with Crippen LogP contribution in [-0.4, -0.2) is 65.0 Å². The molecule has 154 valence electrons. The summed E-state index contributed by atoms with van der Waals surface area (Å²) in [6.45, 7) is 6.34. The van der Waals surface area contributed by atoms with Crippen molar-refractivity contribution in [3.63, 3.8) is 0 Å². The van der Waals surface area contributed by atoms with Crippen LogP contribution in [0.5, 0.6) is 5.75 Å². The van der Waals surface area contributed by atoms with E-state index in [1.165, 1.54) is 11.8 Å². The van der Waals surface area contributed by atoms with Crippen molar-refractivity contribution in [1.82, 2.24) is 9.80 Å². The second-order valence-corrected chi connectivity index (χ2v) is 7.52. The van der Waals surface area contributed by atoms with Crippen LogP contribution < -0.4 is 4.74 Å². The molecular weight excluding hydrogens is 360 g/mol. The van der Waals surface area contributed by atoms with E-state index in [1.807, 2.05) is 24.3 Å². The lowest BCUT2D eigenvalue weighted by Crippen LogP contribution is -2.43. The first kappa shape index (κ1) is 21.7. The molecule has 1 aliphatic heterocycles. The number of carbonyl (C=O) groups is 3. The van der Waals surface area contributed by atoms with Gasteiger partial charge in [0.1, 0.15) is 12.3 Å². The maximum atomic E-state index is 12.6.